The second-order valence-corrected chi connectivity index (χ2v) is 7.69. The summed E-state index contributed by atoms with van der Waals surface area (Å²) in [5.74, 6) is -0.147. The van der Waals surface area contributed by atoms with E-state index in [2.05, 4.69) is 10.3 Å². The van der Waals surface area contributed by atoms with Gasteiger partial charge in [0, 0.05) is 18.0 Å². The number of rotatable bonds is 8. The summed E-state index contributed by atoms with van der Waals surface area (Å²) in [6.07, 6.45) is 3.91. The first kappa shape index (κ1) is 22.1. The molecule has 1 atom stereocenters. The molecule has 4 aromatic rings. The molecule has 33 heavy (non-hydrogen) atoms. The van der Waals surface area contributed by atoms with E-state index in [0.29, 0.717) is 11.3 Å². The van der Waals surface area contributed by atoms with E-state index in [1.807, 2.05) is 66.2 Å². The normalized spacial score (nSPS) is 11.7. The SMILES string of the molecule is COC(=O)CC(NC(=O)c1cccc(OCc2cn3cccc(C)c3n2)c1)c1ccccc1. The second kappa shape index (κ2) is 9.99. The molecule has 0 fully saturated rings. The molecule has 0 bridgehead atoms. The average molecular weight is 444 g/mol. The van der Waals surface area contributed by atoms with Crippen molar-refractivity contribution in [1.82, 2.24) is 14.7 Å². The molecule has 7 nitrogen and oxygen atoms in total. The standard InChI is InChI=1S/C26H25N3O4/c1-18-8-7-13-29-16-21(27-25(18)29)17-33-22-12-6-11-20(14-22)26(31)28-23(15-24(30)32-2)19-9-4-3-5-10-19/h3-14,16,23H,15,17H2,1-2H3,(H,28,31). The smallest absolute Gasteiger partial charge is 0.307 e. The number of carbonyl (C=O) groups excluding carboxylic acids is 2. The maximum Gasteiger partial charge on any atom is 0.307 e. The van der Waals surface area contributed by atoms with E-state index in [1.54, 1.807) is 24.3 Å². The minimum Gasteiger partial charge on any atom is -0.487 e. The van der Waals surface area contributed by atoms with Crippen LogP contribution in [0.2, 0.25) is 0 Å². The van der Waals surface area contributed by atoms with Gasteiger partial charge in [-0.2, -0.15) is 0 Å². The molecule has 0 aliphatic heterocycles. The van der Waals surface area contributed by atoms with Crippen LogP contribution in [0.4, 0.5) is 0 Å². The van der Waals surface area contributed by atoms with Gasteiger partial charge >= 0.3 is 5.97 Å². The topological polar surface area (TPSA) is 81.9 Å². The monoisotopic (exact) mass is 443 g/mol. The molecule has 0 spiro atoms. The molecule has 0 radical (unpaired) electrons. The number of ether oxygens (including phenoxy) is 2. The molecule has 0 saturated heterocycles. The number of imidazole rings is 1. The second-order valence-electron chi connectivity index (χ2n) is 7.69. The van der Waals surface area contributed by atoms with E-state index in [9.17, 15) is 9.59 Å². The minimum atomic E-state index is -0.503. The molecule has 4 rings (SSSR count). The fourth-order valence-electron chi connectivity index (χ4n) is 3.59. The number of hydrogen-bond donors (Lipinski definition) is 1. The van der Waals surface area contributed by atoms with Gasteiger partial charge in [-0.3, -0.25) is 9.59 Å². The highest BCUT2D eigenvalue weighted by molar-refractivity contribution is 5.95. The van der Waals surface area contributed by atoms with E-state index in [1.165, 1.54) is 7.11 Å². The number of fused-ring (bicyclic) bond motifs is 1. The number of aryl methyl sites for hydroxylation is 1. The zero-order valence-electron chi connectivity index (χ0n) is 18.5. The number of amides is 1. The number of methoxy groups -OCH3 is 1. The number of nitrogens with zero attached hydrogens (tertiary/aromatic N) is 2. The van der Waals surface area contributed by atoms with Crippen LogP contribution in [-0.4, -0.2) is 28.4 Å². The van der Waals surface area contributed by atoms with Gasteiger partial charge in [0.1, 0.15) is 18.0 Å². The molecule has 2 aromatic heterocycles. The molecular weight excluding hydrogens is 418 g/mol. The molecule has 0 aliphatic carbocycles. The summed E-state index contributed by atoms with van der Waals surface area (Å²) in [5.41, 5.74) is 4.03. The Morgan fingerprint density at radius 2 is 1.88 bits per heavy atom. The molecule has 2 aromatic carbocycles. The van der Waals surface area contributed by atoms with Gasteiger partial charge in [-0.15, -0.1) is 0 Å². The third kappa shape index (κ3) is 5.38. The summed E-state index contributed by atoms with van der Waals surface area (Å²) in [6.45, 7) is 2.29. The molecule has 1 N–H and O–H groups in total. The lowest BCUT2D eigenvalue weighted by molar-refractivity contribution is -0.141. The maximum atomic E-state index is 12.9. The summed E-state index contributed by atoms with van der Waals surface area (Å²) in [5, 5.41) is 2.93. The molecule has 2 heterocycles. The van der Waals surface area contributed by atoms with Crippen LogP contribution in [0.3, 0.4) is 0 Å². The first-order chi connectivity index (χ1) is 16.0. The van der Waals surface area contributed by atoms with Gasteiger partial charge in [0.2, 0.25) is 0 Å². The fourth-order valence-corrected chi connectivity index (χ4v) is 3.59. The van der Waals surface area contributed by atoms with Gasteiger partial charge in [0.15, 0.2) is 0 Å². The Balaban J connectivity index is 1.45. The highest BCUT2D eigenvalue weighted by Crippen LogP contribution is 2.20. The van der Waals surface area contributed by atoms with Gasteiger partial charge in [-0.25, -0.2) is 4.98 Å². The zero-order chi connectivity index (χ0) is 23.2. The number of pyridine rings is 1. The fraction of sp³-hybridized carbons (Fsp3) is 0.192. The van der Waals surface area contributed by atoms with Crippen molar-refractivity contribution in [3.63, 3.8) is 0 Å². The predicted octanol–water partition coefficient (Wildman–Crippen LogP) is 4.26. The van der Waals surface area contributed by atoms with Crippen molar-refractivity contribution >= 4 is 17.5 Å². The maximum absolute atomic E-state index is 12.9. The van der Waals surface area contributed by atoms with Gasteiger partial charge in [-0.05, 0) is 42.3 Å². The molecule has 0 aliphatic rings. The summed E-state index contributed by atoms with van der Waals surface area (Å²) in [4.78, 5) is 29.4. The van der Waals surface area contributed by atoms with E-state index < -0.39 is 12.0 Å². The number of esters is 1. The van der Waals surface area contributed by atoms with Crippen molar-refractivity contribution in [3.05, 3.63) is 102 Å². The number of carbonyl (C=O) groups is 2. The van der Waals surface area contributed by atoms with E-state index in [-0.39, 0.29) is 18.9 Å². The Hall–Kier alpha value is -4.13. The number of benzene rings is 2. The largest absolute Gasteiger partial charge is 0.487 e. The zero-order valence-corrected chi connectivity index (χ0v) is 18.5. The molecule has 0 saturated carbocycles. The third-order valence-corrected chi connectivity index (χ3v) is 5.32. The number of aromatic nitrogens is 2. The van der Waals surface area contributed by atoms with Crippen LogP contribution in [0.25, 0.3) is 5.65 Å². The van der Waals surface area contributed by atoms with Crippen LogP contribution in [0.15, 0.2) is 79.1 Å². The molecule has 7 heteroatoms. The summed E-state index contributed by atoms with van der Waals surface area (Å²) in [7, 11) is 1.33. The van der Waals surface area contributed by atoms with Crippen molar-refractivity contribution in [3.8, 4) is 5.75 Å². The van der Waals surface area contributed by atoms with Crippen LogP contribution in [0, 0.1) is 6.92 Å². The van der Waals surface area contributed by atoms with Crippen LogP contribution < -0.4 is 10.1 Å². The highest BCUT2D eigenvalue weighted by Gasteiger charge is 2.20. The Morgan fingerprint density at radius 3 is 2.64 bits per heavy atom. The summed E-state index contributed by atoms with van der Waals surface area (Å²) >= 11 is 0. The summed E-state index contributed by atoms with van der Waals surface area (Å²) < 4.78 is 12.6. The molecule has 1 amide bonds. The lowest BCUT2D eigenvalue weighted by Crippen LogP contribution is -2.30. The Kier molecular flexibility index (Phi) is 6.69. The van der Waals surface area contributed by atoms with Crippen molar-refractivity contribution < 1.29 is 19.1 Å². The van der Waals surface area contributed by atoms with Crippen LogP contribution in [0.5, 0.6) is 5.75 Å². The molecule has 168 valence electrons. The van der Waals surface area contributed by atoms with Crippen LogP contribution in [-0.2, 0) is 16.1 Å². The van der Waals surface area contributed by atoms with E-state index in [4.69, 9.17) is 9.47 Å². The highest BCUT2D eigenvalue weighted by atomic mass is 16.5. The quantitative estimate of drug-likeness (QED) is 0.412. The van der Waals surface area contributed by atoms with Gasteiger partial charge < -0.3 is 19.2 Å². The molecule has 1 unspecified atom stereocenters. The Morgan fingerprint density at radius 1 is 1.06 bits per heavy atom. The average Bonchev–Trinajstić information content (AvgIpc) is 3.27. The van der Waals surface area contributed by atoms with Crippen molar-refractivity contribution in [1.29, 1.82) is 0 Å². The summed E-state index contributed by atoms with van der Waals surface area (Å²) in [6, 6.07) is 19.8. The van der Waals surface area contributed by atoms with E-state index >= 15 is 0 Å². The van der Waals surface area contributed by atoms with Gasteiger partial charge in [0.05, 0.1) is 25.3 Å². The Bertz CT molecular complexity index is 1270. The van der Waals surface area contributed by atoms with E-state index in [0.717, 1.165) is 22.5 Å². The van der Waals surface area contributed by atoms with Crippen LogP contribution in [0.1, 0.15) is 39.6 Å². The predicted molar refractivity (Wildman–Crippen MR) is 124 cm³/mol. The number of hydrogen-bond acceptors (Lipinski definition) is 5. The third-order valence-electron chi connectivity index (χ3n) is 5.32. The minimum absolute atomic E-state index is 0.0374. The first-order valence-electron chi connectivity index (χ1n) is 10.6. The first-order valence-corrected chi connectivity index (χ1v) is 10.6. The van der Waals surface area contributed by atoms with Gasteiger partial charge in [0.25, 0.3) is 5.91 Å². The van der Waals surface area contributed by atoms with Crippen molar-refractivity contribution in [2.45, 2.75) is 26.0 Å². The lowest BCUT2D eigenvalue weighted by Gasteiger charge is -2.18. The van der Waals surface area contributed by atoms with Crippen molar-refractivity contribution in [2.75, 3.05) is 7.11 Å². The number of nitrogens with one attached hydrogen (secondary N) is 1. The Labute approximate surface area is 192 Å². The van der Waals surface area contributed by atoms with Gasteiger partial charge in [-0.1, -0.05) is 42.5 Å². The molecular formula is C26H25N3O4. The van der Waals surface area contributed by atoms with Crippen molar-refractivity contribution in [2.24, 2.45) is 0 Å². The lowest BCUT2D eigenvalue weighted by atomic mass is 10.0. The van der Waals surface area contributed by atoms with Crippen LogP contribution >= 0.6 is 0 Å².